The Morgan fingerprint density at radius 2 is 1.94 bits per heavy atom. The van der Waals surface area contributed by atoms with Crippen molar-refractivity contribution < 1.29 is 0 Å². The third-order valence-electron chi connectivity index (χ3n) is 2.49. The number of para-hydroxylation sites is 1. The number of nitrogens with zero attached hydrogens (tertiary/aromatic N) is 3. The molecule has 0 saturated heterocycles. The Morgan fingerprint density at radius 1 is 1.00 bits per heavy atom. The quantitative estimate of drug-likeness (QED) is 0.763. The average Bonchev–Trinajstić information content (AvgIpc) is 2.41. The minimum Gasteiger partial charge on any atom is -0.324 e. The van der Waals surface area contributed by atoms with Crippen molar-refractivity contribution in [2.45, 2.75) is 0 Å². The Bertz CT molecular complexity index is 685. The van der Waals surface area contributed by atoms with E-state index in [-0.39, 0.29) is 0 Å². The number of aromatic nitrogens is 3. The summed E-state index contributed by atoms with van der Waals surface area (Å²) in [6, 6.07) is 9.55. The molecule has 88 valence electrons. The van der Waals surface area contributed by atoms with Gasteiger partial charge in [-0.1, -0.05) is 23.7 Å². The standard InChI is InChI=1S/C13H9ClN4/c14-10-3-1-2-9-4-5-11(18-13(9)10)17-12-8-15-6-7-16-12/h1-8H,(H,16,17,18). The smallest absolute Gasteiger partial charge is 0.150 e. The highest BCUT2D eigenvalue weighted by Gasteiger charge is 2.02. The first-order valence-electron chi connectivity index (χ1n) is 5.41. The molecule has 0 aliphatic heterocycles. The summed E-state index contributed by atoms with van der Waals surface area (Å²) in [5.41, 5.74) is 0.771. The second-order valence-corrected chi connectivity index (χ2v) is 4.13. The van der Waals surface area contributed by atoms with Crippen LogP contribution in [0.2, 0.25) is 5.02 Å². The van der Waals surface area contributed by atoms with Crippen molar-refractivity contribution >= 4 is 34.1 Å². The van der Waals surface area contributed by atoms with Crippen molar-refractivity contribution in [2.75, 3.05) is 5.32 Å². The summed E-state index contributed by atoms with van der Waals surface area (Å²) in [6.45, 7) is 0. The maximum atomic E-state index is 6.11. The summed E-state index contributed by atoms with van der Waals surface area (Å²) in [6.07, 6.45) is 4.88. The molecule has 0 unspecified atom stereocenters. The highest BCUT2D eigenvalue weighted by Crippen LogP contribution is 2.23. The molecule has 1 aromatic carbocycles. The van der Waals surface area contributed by atoms with Crippen molar-refractivity contribution in [3.63, 3.8) is 0 Å². The third kappa shape index (κ3) is 2.10. The highest BCUT2D eigenvalue weighted by atomic mass is 35.5. The van der Waals surface area contributed by atoms with Crippen molar-refractivity contribution in [1.82, 2.24) is 15.0 Å². The van der Waals surface area contributed by atoms with E-state index in [1.165, 1.54) is 0 Å². The predicted molar refractivity (Wildman–Crippen MR) is 72.1 cm³/mol. The van der Waals surface area contributed by atoms with Crippen LogP contribution in [0.1, 0.15) is 0 Å². The Hall–Kier alpha value is -2.20. The predicted octanol–water partition coefficient (Wildman–Crippen LogP) is 3.42. The van der Waals surface area contributed by atoms with Gasteiger partial charge < -0.3 is 5.32 Å². The summed E-state index contributed by atoms with van der Waals surface area (Å²) >= 11 is 6.11. The Labute approximate surface area is 109 Å². The van der Waals surface area contributed by atoms with Gasteiger partial charge in [0.05, 0.1) is 16.7 Å². The molecule has 2 heterocycles. The van der Waals surface area contributed by atoms with Crippen LogP contribution in [-0.2, 0) is 0 Å². The van der Waals surface area contributed by atoms with Crippen molar-refractivity contribution in [2.24, 2.45) is 0 Å². The van der Waals surface area contributed by atoms with E-state index in [0.29, 0.717) is 16.7 Å². The molecule has 0 atom stereocenters. The van der Waals surface area contributed by atoms with E-state index in [1.807, 2.05) is 30.3 Å². The van der Waals surface area contributed by atoms with Gasteiger partial charge in [-0.2, -0.15) is 0 Å². The second kappa shape index (κ2) is 4.58. The Balaban J connectivity index is 2.01. The number of hydrogen-bond donors (Lipinski definition) is 1. The van der Waals surface area contributed by atoms with Gasteiger partial charge in [0.1, 0.15) is 11.6 Å². The molecular formula is C13H9ClN4. The fourth-order valence-electron chi connectivity index (χ4n) is 1.68. The lowest BCUT2D eigenvalue weighted by molar-refractivity contribution is 1.19. The summed E-state index contributed by atoms with van der Waals surface area (Å²) < 4.78 is 0. The van der Waals surface area contributed by atoms with Gasteiger partial charge in [0.25, 0.3) is 0 Å². The van der Waals surface area contributed by atoms with E-state index in [9.17, 15) is 0 Å². The molecule has 2 aromatic heterocycles. The molecule has 18 heavy (non-hydrogen) atoms. The van der Waals surface area contributed by atoms with Crippen LogP contribution >= 0.6 is 11.6 Å². The first-order valence-corrected chi connectivity index (χ1v) is 5.79. The first-order chi connectivity index (χ1) is 8.83. The number of anilines is 2. The largest absolute Gasteiger partial charge is 0.324 e. The average molecular weight is 257 g/mol. The van der Waals surface area contributed by atoms with Gasteiger partial charge >= 0.3 is 0 Å². The van der Waals surface area contributed by atoms with Crippen LogP contribution in [0, 0.1) is 0 Å². The van der Waals surface area contributed by atoms with Crippen molar-refractivity contribution in [1.29, 1.82) is 0 Å². The minimum absolute atomic E-state index is 0.635. The van der Waals surface area contributed by atoms with Crippen molar-refractivity contribution in [3.05, 3.63) is 53.9 Å². The van der Waals surface area contributed by atoms with Gasteiger partial charge in [-0.25, -0.2) is 9.97 Å². The first kappa shape index (κ1) is 10.9. The molecule has 1 N–H and O–H groups in total. The molecule has 0 fully saturated rings. The van der Waals surface area contributed by atoms with Crippen LogP contribution in [0.3, 0.4) is 0 Å². The highest BCUT2D eigenvalue weighted by molar-refractivity contribution is 6.35. The normalized spacial score (nSPS) is 10.5. The summed E-state index contributed by atoms with van der Waals surface area (Å²) in [5, 5.41) is 4.72. The lowest BCUT2D eigenvalue weighted by Gasteiger charge is -2.06. The van der Waals surface area contributed by atoms with Gasteiger partial charge in [0, 0.05) is 17.8 Å². The topological polar surface area (TPSA) is 50.7 Å². The molecule has 0 aliphatic rings. The van der Waals surface area contributed by atoms with Gasteiger partial charge in [0.15, 0.2) is 0 Å². The van der Waals surface area contributed by atoms with Crippen LogP contribution in [0.15, 0.2) is 48.9 Å². The number of halogens is 1. The molecule has 0 spiro atoms. The van der Waals surface area contributed by atoms with E-state index in [1.54, 1.807) is 18.6 Å². The lowest BCUT2D eigenvalue weighted by Crippen LogP contribution is -1.96. The Morgan fingerprint density at radius 3 is 2.78 bits per heavy atom. The number of rotatable bonds is 2. The maximum absolute atomic E-state index is 6.11. The SMILES string of the molecule is Clc1cccc2ccc(Nc3cnccn3)nc12. The lowest BCUT2D eigenvalue weighted by atomic mass is 10.2. The molecule has 0 radical (unpaired) electrons. The molecule has 0 amide bonds. The van der Waals surface area contributed by atoms with E-state index < -0.39 is 0 Å². The van der Waals surface area contributed by atoms with Gasteiger partial charge in [-0.05, 0) is 18.2 Å². The van der Waals surface area contributed by atoms with E-state index in [2.05, 4.69) is 20.3 Å². The summed E-state index contributed by atoms with van der Waals surface area (Å²) in [4.78, 5) is 12.6. The van der Waals surface area contributed by atoms with Crippen LogP contribution in [0.5, 0.6) is 0 Å². The number of hydrogen-bond acceptors (Lipinski definition) is 4. The van der Waals surface area contributed by atoms with E-state index >= 15 is 0 Å². The molecule has 4 nitrogen and oxygen atoms in total. The third-order valence-corrected chi connectivity index (χ3v) is 2.80. The Kier molecular flexibility index (Phi) is 2.78. The zero-order valence-electron chi connectivity index (χ0n) is 9.34. The number of benzene rings is 1. The fraction of sp³-hybridized carbons (Fsp3) is 0. The zero-order chi connectivity index (χ0) is 12.4. The number of nitrogens with one attached hydrogen (secondary N) is 1. The van der Waals surface area contributed by atoms with Crippen LogP contribution in [0.4, 0.5) is 11.6 Å². The molecule has 5 heteroatoms. The van der Waals surface area contributed by atoms with Gasteiger partial charge in [-0.15, -0.1) is 0 Å². The monoisotopic (exact) mass is 256 g/mol. The zero-order valence-corrected chi connectivity index (χ0v) is 10.1. The summed E-state index contributed by atoms with van der Waals surface area (Å²) in [7, 11) is 0. The number of fused-ring (bicyclic) bond motifs is 1. The molecule has 0 aliphatic carbocycles. The maximum Gasteiger partial charge on any atom is 0.150 e. The molecule has 0 saturated carbocycles. The molecule has 3 aromatic rings. The van der Waals surface area contributed by atoms with Crippen molar-refractivity contribution in [3.8, 4) is 0 Å². The second-order valence-electron chi connectivity index (χ2n) is 3.72. The van der Waals surface area contributed by atoms with Crippen LogP contribution in [-0.4, -0.2) is 15.0 Å². The molecule has 0 bridgehead atoms. The number of pyridine rings is 1. The van der Waals surface area contributed by atoms with E-state index in [0.717, 1.165) is 10.9 Å². The summed E-state index contributed by atoms with van der Waals surface area (Å²) in [5.74, 6) is 1.34. The van der Waals surface area contributed by atoms with Crippen LogP contribution in [0.25, 0.3) is 10.9 Å². The molecular weight excluding hydrogens is 248 g/mol. The van der Waals surface area contributed by atoms with Gasteiger partial charge in [0.2, 0.25) is 0 Å². The minimum atomic E-state index is 0.635. The van der Waals surface area contributed by atoms with Gasteiger partial charge in [-0.3, -0.25) is 4.98 Å². The van der Waals surface area contributed by atoms with E-state index in [4.69, 9.17) is 11.6 Å². The fourth-order valence-corrected chi connectivity index (χ4v) is 1.90. The van der Waals surface area contributed by atoms with Crippen LogP contribution < -0.4 is 5.32 Å². The molecule has 3 rings (SSSR count).